The van der Waals surface area contributed by atoms with Crippen molar-refractivity contribution in [3.05, 3.63) is 53.5 Å². The fourth-order valence-electron chi connectivity index (χ4n) is 2.43. The fourth-order valence-corrected chi connectivity index (χ4v) is 3.54. The number of pyridine rings is 1. The first-order valence-electron chi connectivity index (χ1n) is 7.05. The van der Waals surface area contributed by atoms with E-state index in [-0.39, 0.29) is 17.9 Å². The third-order valence-corrected chi connectivity index (χ3v) is 4.68. The second kappa shape index (κ2) is 6.36. The molecule has 4 nitrogen and oxygen atoms in total. The Morgan fingerprint density at radius 3 is 3.09 bits per heavy atom. The molecule has 1 atom stereocenters. The summed E-state index contributed by atoms with van der Waals surface area (Å²) in [6.45, 7) is 1.88. The van der Waals surface area contributed by atoms with Crippen LogP contribution in [-0.2, 0) is 0 Å². The molecular formula is C16H16FN3OS. The van der Waals surface area contributed by atoms with E-state index in [1.165, 1.54) is 12.1 Å². The van der Waals surface area contributed by atoms with Crippen molar-refractivity contribution in [3.8, 4) is 0 Å². The number of nitrogens with one attached hydrogen (secondary N) is 2. The average Bonchev–Trinajstić information content (AvgIpc) is 2.50. The maximum atomic E-state index is 13.5. The Labute approximate surface area is 132 Å². The minimum atomic E-state index is -0.325. The van der Waals surface area contributed by atoms with Crippen LogP contribution in [0.15, 0.2) is 41.4 Å². The van der Waals surface area contributed by atoms with Crippen LogP contribution in [0.25, 0.3) is 0 Å². The lowest BCUT2D eigenvalue weighted by Crippen LogP contribution is -2.34. The Bertz CT molecular complexity index is 708. The molecule has 3 rings (SSSR count). The number of halogens is 1. The minimum absolute atomic E-state index is 0.184. The molecule has 1 aromatic carbocycles. The standard InChI is InChI=1S/C16H16FN3OS/c1-10-3-2-7-18-15(10)20-16(21)19-13-6-8-22-14-5-4-11(17)9-12(13)14/h2-5,7,9,13H,6,8H2,1H3,(H2,18,19,20,21). The minimum Gasteiger partial charge on any atom is -0.331 e. The molecule has 114 valence electrons. The lowest BCUT2D eigenvalue weighted by atomic mass is 10.0. The smallest absolute Gasteiger partial charge is 0.320 e. The maximum Gasteiger partial charge on any atom is 0.320 e. The van der Waals surface area contributed by atoms with E-state index >= 15 is 0 Å². The summed E-state index contributed by atoms with van der Waals surface area (Å²) in [7, 11) is 0. The molecule has 0 spiro atoms. The van der Waals surface area contributed by atoms with E-state index in [4.69, 9.17) is 0 Å². The van der Waals surface area contributed by atoms with Crippen LogP contribution in [0.4, 0.5) is 15.0 Å². The SMILES string of the molecule is Cc1cccnc1NC(=O)NC1CCSc2ccc(F)cc21. The summed E-state index contributed by atoms with van der Waals surface area (Å²) in [5, 5.41) is 5.65. The number of aromatic nitrogens is 1. The van der Waals surface area contributed by atoms with Crippen LogP contribution in [0.2, 0.25) is 0 Å². The normalized spacial score (nSPS) is 16.7. The number of carbonyl (C=O) groups is 1. The first-order chi connectivity index (χ1) is 10.6. The van der Waals surface area contributed by atoms with Gasteiger partial charge in [-0.15, -0.1) is 11.8 Å². The van der Waals surface area contributed by atoms with Gasteiger partial charge in [0.05, 0.1) is 6.04 Å². The fraction of sp³-hybridized carbons (Fsp3) is 0.250. The topological polar surface area (TPSA) is 54.0 Å². The highest BCUT2D eigenvalue weighted by atomic mass is 32.2. The largest absolute Gasteiger partial charge is 0.331 e. The number of thioether (sulfide) groups is 1. The number of amides is 2. The molecular weight excluding hydrogens is 301 g/mol. The number of anilines is 1. The number of nitrogens with zero attached hydrogens (tertiary/aromatic N) is 1. The van der Waals surface area contributed by atoms with E-state index in [0.717, 1.165) is 28.2 Å². The Kier molecular flexibility index (Phi) is 4.29. The molecule has 6 heteroatoms. The summed E-state index contributed by atoms with van der Waals surface area (Å²) in [5.41, 5.74) is 1.73. The van der Waals surface area contributed by atoms with E-state index < -0.39 is 0 Å². The van der Waals surface area contributed by atoms with Crippen molar-refractivity contribution < 1.29 is 9.18 Å². The van der Waals surface area contributed by atoms with Crippen molar-refractivity contribution in [2.24, 2.45) is 0 Å². The van der Waals surface area contributed by atoms with Crippen LogP contribution < -0.4 is 10.6 Å². The monoisotopic (exact) mass is 317 g/mol. The summed E-state index contributed by atoms with van der Waals surface area (Å²) in [4.78, 5) is 17.3. The van der Waals surface area contributed by atoms with E-state index in [9.17, 15) is 9.18 Å². The summed E-state index contributed by atoms with van der Waals surface area (Å²) in [6, 6.07) is 7.90. The van der Waals surface area contributed by atoms with Gasteiger partial charge in [0.15, 0.2) is 0 Å². The zero-order valence-corrected chi connectivity index (χ0v) is 12.9. The van der Waals surface area contributed by atoms with Crippen LogP contribution in [0.5, 0.6) is 0 Å². The summed E-state index contributed by atoms with van der Waals surface area (Å²) in [6.07, 6.45) is 2.40. The Morgan fingerprint density at radius 1 is 1.41 bits per heavy atom. The Morgan fingerprint density at radius 2 is 2.27 bits per heavy atom. The zero-order chi connectivity index (χ0) is 15.5. The molecule has 0 bridgehead atoms. The molecule has 0 saturated heterocycles. The van der Waals surface area contributed by atoms with Gasteiger partial charge in [0.2, 0.25) is 0 Å². The van der Waals surface area contributed by atoms with Gasteiger partial charge in [-0.2, -0.15) is 0 Å². The van der Waals surface area contributed by atoms with Crippen molar-refractivity contribution in [2.45, 2.75) is 24.3 Å². The Balaban J connectivity index is 1.73. The summed E-state index contributed by atoms with van der Waals surface area (Å²) in [5.74, 6) is 1.14. The van der Waals surface area contributed by atoms with Crippen molar-refractivity contribution in [1.82, 2.24) is 10.3 Å². The molecule has 1 aliphatic heterocycles. The second-order valence-electron chi connectivity index (χ2n) is 5.14. The predicted molar refractivity (Wildman–Crippen MR) is 85.6 cm³/mol. The molecule has 1 aromatic heterocycles. The molecule has 0 aliphatic carbocycles. The number of carbonyl (C=O) groups excluding carboxylic acids is 1. The zero-order valence-electron chi connectivity index (χ0n) is 12.1. The Hall–Kier alpha value is -2.08. The molecule has 0 fully saturated rings. The number of hydrogen-bond donors (Lipinski definition) is 2. The van der Waals surface area contributed by atoms with Crippen molar-refractivity contribution in [1.29, 1.82) is 0 Å². The number of fused-ring (bicyclic) bond motifs is 1. The van der Waals surface area contributed by atoms with Gasteiger partial charge in [-0.1, -0.05) is 6.07 Å². The number of aryl methyl sites for hydroxylation is 1. The van der Waals surface area contributed by atoms with Gasteiger partial charge in [-0.3, -0.25) is 5.32 Å². The lowest BCUT2D eigenvalue weighted by Gasteiger charge is -2.26. The van der Waals surface area contributed by atoms with Gasteiger partial charge in [-0.05, 0) is 48.7 Å². The van der Waals surface area contributed by atoms with Crippen LogP contribution in [0, 0.1) is 12.7 Å². The van der Waals surface area contributed by atoms with Gasteiger partial charge in [0.1, 0.15) is 11.6 Å². The van der Waals surface area contributed by atoms with E-state index in [1.54, 1.807) is 24.0 Å². The highest BCUT2D eigenvalue weighted by molar-refractivity contribution is 7.99. The first-order valence-corrected chi connectivity index (χ1v) is 8.03. The third kappa shape index (κ3) is 3.22. The molecule has 22 heavy (non-hydrogen) atoms. The highest BCUT2D eigenvalue weighted by Crippen LogP contribution is 2.36. The highest BCUT2D eigenvalue weighted by Gasteiger charge is 2.23. The summed E-state index contributed by atoms with van der Waals surface area (Å²) < 4.78 is 13.5. The van der Waals surface area contributed by atoms with Crippen LogP contribution in [0.3, 0.4) is 0 Å². The number of rotatable bonds is 2. The van der Waals surface area contributed by atoms with E-state index in [1.807, 2.05) is 19.1 Å². The molecule has 1 unspecified atom stereocenters. The van der Waals surface area contributed by atoms with Gasteiger partial charge in [0.25, 0.3) is 0 Å². The molecule has 2 heterocycles. The van der Waals surface area contributed by atoms with Gasteiger partial charge >= 0.3 is 6.03 Å². The maximum absolute atomic E-state index is 13.5. The van der Waals surface area contributed by atoms with Crippen LogP contribution in [-0.4, -0.2) is 16.8 Å². The quantitative estimate of drug-likeness (QED) is 0.883. The van der Waals surface area contributed by atoms with E-state index in [2.05, 4.69) is 15.6 Å². The molecule has 2 N–H and O–H groups in total. The van der Waals surface area contributed by atoms with Crippen LogP contribution >= 0.6 is 11.8 Å². The van der Waals surface area contributed by atoms with Gasteiger partial charge < -0.3 is 5.32 Å². The van der Waals surface area contributed by atoms with Crippen LogP contribution in [0.1, 0.15) is 23.6 Å². The predicted octanol–water partition coefficient (Wildman–Crippen LogP) is 3.89. The van der Waals surface area contributed by atoms with Gasteiger partial charge in [0, 0.05) is 16.8 Å². The first kappa shape index (κ1) is 14.8. The van der Waals surface area contributed by atoms with Crippen molar-refractivity contribution >= 4 is 23.6 Å². The number of hydrogen-bond acceptors (Lipinski definition) is 3. The number of urea groups is 1. The molecule has 1 aliphatic rings. The molecule has 2 aromatic rings. The summed E-state index contributed by atoms with van der Waals surface area (Å²) >= 11 is 1.68. The number of benzene rings is 1. The molecule has 0 radical (unpaired) electrons. The van der Waals surface area contributed by atoms with Gasteiger partial charge in [-0.25, -0.2) is 14.2 Å². The third-order valence-electron chi connectivity index (χ3n) is 3.56. The second-order valence-corrected chi connectivity index (χ2v) is 6.28. The van der Waals surface area contributed by atoms with Crippen molar-refractivity contribution in [3.63, 3.8) is 0 Å². The average molecular weight is 317 g/mol. The van der Waals surface area contributed by atoms with Crippen molar-refractivity contribution in [2.75, 3.05) is 11.1 Å². The van der Waals surface area contributed by atoms with E-state index in [0.29, 0.717) is 5.82 Å². The lowest BCUT2D eigenvalue weighted by molar-refractivity contribution is 0.248. The molecule has 2 amide bonds. The molecule has 0 saturated carbocycles.